The number of rotatable bonds is 7. The summed E-state index contributed by atoms with van der Waals surface area (Å²) in [5.41, 5.74) is 5.14. The summed E-state index contributed by atoms with van der Waals surface area (Å²) >= 11 is 1.54. The van der Waals surface area contributed by atoms with Gasteiger partial charge in [-0.2, -0.15) is 0 Å². The predicted octanol–water partition coefficient (Wildman–Crippen LogP) is 4.34. The topological polar surface area (TPSA) is 54.9 Å². The molecule has 0 saturated heterocycles. The van der Waals surface area contributed by atoms with Crippen LogP contribution in [0, 0.1) is 13.8 Å². The first kappa shape index (κ1) is 18.5. The molecule has 5 heteroatoms. The van der Waals surface area contributed by atoms with Crippen LogP contribution in [-0.2, 0) is 17.6 Å². The molecule has 2 rings (SSSR count). The monoisotopic (exact) mass is 343 g/mol. The average Bonchev–Trinajstić information content (AvgIpc) is 2.56. The summed E-state index contributed by atoms with van der Waals surface area (Å²) in [7, 11) is 0. The summed E-state index contributed by atoms with van der Waals surface area (Å²) in [5, 5.41) is 3.74. The van der Waals surface area contributed by atoms with E-state index >= 15 is 0 Å². The Morgan fingerprint density at radius 1 is 1.08 bits per heavy atom. The molecular weight excluding hydrogens is 318 g/mol. The number of hydrogen-bond acceptors (Lipinski definition) is 4. The van der Waals surface area contributed by atoms with Crippen LogP contribution in [0.25, 0.3) is 0 Å². The lowest BCUT2D eigenvalue weighted by Crippen LogP contribution is -2.13. The minimum absolute atomic E-state index is 0.0194. The molecule has 24 heavy (non-hydrogen) atoms. The molecule has 1 heterocycles. The maximum atomic E-state index is 12.2. The van der Waals surface area contributed by atoms with Crippen molar-refractivity contribution < 1.29 is 4.79 Å². The van der Waals surface area contributed by atoms with E-state index in [0.29, 0.717) is 12.8 Å². The highest BCUT2D eigenvalue weighted by Gasteiger charge is 2.10. The summed E-state index contributed by atoms with van der Waals surface area (Å²) < 4.78 is 0. The fraction of sp³-hybridized carbons (Fsp3) is 0.421. The number of aromatic nitrogens is 2. The minimum Gasteiger partial charge on any atom is -0.326 e. The zero-order valence-corrected chi connectivity index (χ0v) is 15.7. The van der Waals surface area contributed by atoms with Crippen LogP contribution in [-0.4, -0.2) is 22.1 Å². The molecule has 2 aromatic rings. The zero-order valence-electron chi connectivity index (χ0n) is 14.8. The van der Waals surface area contributed by atoms with Crippen molar-refractivity contribution in [2.75, 3.05) is 11.6 Å². The van der Waals surface area contributed by atoms with Crippen LogP contribution in [0.4, 0.5) is 5.69 Å². The van der Waals surface area contributed by atoms with Gasteiger partial charge in [-0.05, 0) is 56.2 Å². The van der Waals surface area contributed by atoms with Crippen LogP contribution in [0.3, 0.4) is 0 Å². The Labute approximate surface area is 148 Å². The molecule has 0 aliphatic carbocycles. The third kappa shape index (κ3) is 5.06. The van der Waals surface area contributed by atoms with Gasteiger partial charge in [0.2, 0.25) is 5.91 Å². The molecule has 128 valence electrons. The van der Waals surface area contributed by atoms with Gasteiger partial charge in [0, 0.05) is 23.5 Å². The van der Waals surface area contributed by atoms with E-state index in [9.17, 15) is 4.79 Å². The Balaban J connectivity index is 1.93. The summed E-state index contributed by atoms with van der Waals surface area (Å²) in [6.45, 7) is 6.12. The second-order valence-corrected chi connectivity index (χ2v) is 6.63. The number of hydrogen-bond donors (Lipinski definition) is 1. The summed E-state index contributed by atoms with van der Waals surface area (Å²) in [6.07, 6.45) is 5.25. The van der Waals surface area contributed by atoms with Crippen LogP contribution in [0.1, 0.15) is 42.3 Å². The molecule has 0 aliphatic heterocycles. The van der Waals surface area contributed by atoms with Gasteiger partial charge >= 0.3 is 0 Å². The number of aryl methyl sites for hydroxylation is 3. The lowest BCUT2D eigenvalue weighted by molar-refractivity contribution is -0.116. The lowest BCUT2D eigenvalue weighted by atomic mass is 10.1. The quantitative estimate of drug-likeness (QED) is 0.600. The number of amides is 1. The van der Waals surface area contributed by atoms with Crippen molar-refractivity contribution in [2.45, 2.75) is 51.6 Å². The van der Waals surface area contributed by atoms with Gasteiger partial charge in [-0.25, -0.2) is 9.97 Å². The summed E-state index contributed by atoms with van der Waals surface area (Å²) in [5.74, 6) is 0.0194. The van der Waals surface area contributed by atoms with Gasteiger partial charge in [0.05, 0.1) is 0 Å². The van der Waals surface area contributed by atoms with Crippen LogP contribution in [0.5, 0.6) is 0 Å². The highest BCUT2D eigenvalue weighted by atomic mass is 32.2. The normalized spacial score (nSPS) is 10.7. The van der Waals surface area contributed by atoms with E-state index < -0.39 is 0 Å². The van der Waals surface area contributed by atoms with Gasteiger partial charge in [-0.15, -0.1) is 0 Å². The highest BCUT2D eigenvalue weighted by Crippen LogP contribution is 2.18. The average molecular weight is 343 g/mol. The smallest absolute Gasteiger partial charge is 0.224 e. The molecule has 4 nitrogen and oxygen atoms in total. The molecule has 0 atom stereocenters. The third-order valence-corrected chi connectivity index (χ3v) is 4.51. The largest absolute Gasteiger partial charge is 0.326 e. The fourth-order valence-electron chi connectivity index (χ4n) is 2.67. The van der Waals surface area contributed by atoms with Crippen molar-refractivity contribution >= 4 is 23.4 Å². The molecule has 0 bridgehead atoms. The van der Waals surface area contributed by atoms with Gasteiger partial charge in [-0.1, -0.05) is 37.2 Å². The SMILES string of the molecule is CCCc1ccc(NC(=O)CCc2c(C)nc(SC)nc2C)cc1. The van der Waals surface area contributed by atoms with Crippen LogP contribution >= 0.6 is 11.8 Å². The number of carbonyl (C=O) groups is 1. The van der Waals surface area contributed by atoms with E-state index in [4.69, 9.17) is 0 Å². The number of thioether (sulfide) groups is 1. The van der Waals surface area contributed by atoms with Crippen molar-refractivity contribution in [1.29, 1.82) is 0 Å². The number of carbonyl (C=O) groups excluding carboxylic acids is 1. The van der Waals surface area contributed by atoms with Crippen molar-refractivity contribution in [2.24, 2.45) is 0 Å². The fourth-order valence-corrected chi connectivity index (χ4v) is 3.12. The molecule has 0 saturated carbocycles. The number of nitrogens with zero attached hydrogens (tertiary/aromatic N) is 2. The molecule has 1 aromatic heterocycles. The summed E-state index contributed by atoms with van der Waals surface area (Å²) in [4.78, 5) is 21.1. The van der Waals surface area contributed by atoms with E-state index in [0.717, 1.165) is 40.6 Å². The van der Waals surface area contributed by atoms with Crippen LogP contribution in [0.2, 0.25) is 0 Å². The number of anilines is 1. The zero-order chi connectivity index (χ0) is 17.5. The van der Waals surface area contributed by atoms with Gasteiger partial charge < -0.3 is 5.32 Å². The molecule has 1 amide bonds. The van der Waals surface area contributed by atoms with Crippen molar-refractivity contribution in [3.8, 4) is 0 Å². The predicted molar refractivity (Wildman–Crippen MR) is 101 cm³/mol. The Hall–Kier alpha value is -1.88. The van der Waals surface area contributed by atoms with Crippen LogP contribution in [0.15, 0.2) is 29.4 Å². The van der Waals surface area contributed by atoms with Gasteiger partial charge in [-0.3, -0.25) is 4.79 Å². The van der Waals surface area contributed by atoms with Crippen LogP contribution < -0.4 is 5.32 Å². The maximum Gasteiger partial charge on any atom is 0.224 e. The highest BCUT2D eigenvalue weighted by molar-refractivity contribution is 7.98. The molecule has 1 aromatic carbocycles. The van der Waals surface area contributed by atoms with Crippen molar-refractivity contribution in [3.05, 3.63) is 46.8 Å². The Bertz CT molecular complexity index is 675. The van der Waals surface area contributed by atoms with Gasteiger partial charge in [0.15, 0.2) is 5.16 Å². The molecule has 0 spiro atoms. The maximum absolute atomic E-state index is 12.2. The second-order valence-electron chi connectivity index (χ2n) is 5.85. The number of nitrogens with one attached hydrogen (secondary N) is 1. The van der Waals surface area contributed by atoms with E-state index in [-0.39, 0.29) is 5.91 Å². The standard InChI is InChI=1S/C19H25N3OS/c1-5-6-15-7-9-16(10-8-15)22-18(23)12-11-17-13(2)20-19(24-4)21-14(17)3/h7-10H,5-6,11-12H2,1-4H3,(H,22,23). The van der Waals surface area contributed by atoms with Gasteiger partial charge in [0.1, 0.15) is 0 Å². The van der Waals surface area contributed by atoms with E-state index in [1.807, 2.05) is 32.2 Å². The first-order valence-electron chi connectivity index (χ1n) is 8.30. The Kier molecular flexibility index (Phi) is 6.79. The second kappa shape index (κ2) is 8.83. The molecule has 0 fully saturated rings. The van der Waals surface area contributed by atoms with Gasteiger partial charge in [0.25, 0.3) is 0 Å². The van der Waals surface area contributed by atoms with Crippen molar-refractivity contribution in [1.82, 2.24) is 9.97 Å². The Morgan fingerprint density at radius 2 is 1.71 bits per heavy atom. The van der Waals surface area contributed by atoms with E-state index in [1.165, 1.54) is 17.3 Å². The minimum atomic E-state index is 0.0194. The van der Waals surface area contributed by atoms with E-state index in [1.54, 1.807) is 0 Å². The molecule has 0 aliphatic rings. The lowest BCUT2D eigenvalue weighted by Gasteiger charge is -2.10. The molecular formula is C19H25N3OS. The molecule has 0 unspecified atom stereocenters. The Morgan fingerprint density at radius 3 is 2.25 bits per heavy atom. The summed E-state index contributed by atoms with van der Waals surface area (Å²) in [6, 6.07) is 8.08. The third-order valence-electron chi connectivity index (χ3n) is 3.96. The number of benzene rings is 1. The molecule has 0 radical (unpaired) electrons. The first-order valence-corrected chi connectivity index (χ1v) is 9.52. The first-order chi connectivity index (χ1) is 11.5. The van der Waals surface area contributed by atoms with E-state index in [2.05, 4.69) is 34.3 Å². The molecule has 1 N–H and O–H groups in total. The van der Waals surface area contributed by atoms with Crippen molar-refractivity contribution in [3.63, 3.8) is 0 Å².